The van der Waals surface area contributed by atoms with Crippen LogP contribution in [-0.4, -0.2) is 14.0 Å². The van der Waals surface area contributed by atoms with E-state index >= 15 is 0 Å². The van der Waals surface area contributed by atoms with E-state index in [0.717, 1.165) is 27.8 Å². The molecule has 50 heavy (non-hydrogen) atoms. The third kappa shape index (κ3) is 3.31. The van der Waals surface area contributed by atoms with Crippen molar-refractivity contribution in [1.82, 2.24) is 14.0 Å². The minimum absolute atomic E-state index is 0.990. The molecule has 0 saturated heterocycles. The lowest BCUT2D eigenvalue weighted by molar-refractivity contribution is 1.19. The summed E-state index contributed by atoms with van der Waals surface area (Å²) >= 11 is 0. The van der Waals surface area contributed by atoms with Crippen LogP contribution in [-0.2, 0) is 0 Å². The number of pyridine rings is 1. The van der Waals surface area contributed by atoms with E-state index in [2.05, 4.69) is 173 Å². The van der Waals surface area contributed by atoms with Gasteiger partial charge in [-0.15, -0.1) is 0 Å². The van der Waals surface area contributed by atoms with Gasteiger partial charge in [0.15, 0.2) is 0 Å². The van der Waals surface area contributed by atoms with Gasteiger partial charge in [-0.1, -0.05) is 109 Å². The van der Waals surface area contributed by atoms with Gasteiger partial charge in [0.1, 0.15) is 5.65 Å². The Bertz CT molecular complexity index is 3440. The van der Waals surface area contributed by atoms with Crippen LogP contribution in [0, 0.1) is 0 Å². The number of hydrogen-bond acceptors (Lipinski definition) is 1. The van der Waals surface area contributed by atoms with Gasteiger partial charge in [0.2, 0.25) is 0 Å². The molecule has 0 bridgehead atoms. The van der Waals surface area contributed by atoms with E-state index in [1.807, 2.05) is 0 Å². The molecule has 0 N–H and O–H groups in total. The van der Waals surface area contributed by atoms with E-state index in [-0.39, 0.29) is 0 Å². The molecule has 3 aromatic heterocycles. The first-order valence-electron chi connectivity index (χ1n) is 17.2. The minimum Gasteiger partial charge on any atom is -0.309 e. The van der Waals surface area contributed by atoms with Gasteiger partial charge in [-0.2, -0.15) is 0 Å². The van der Waals surface area contributed by atoms with Gasteiger partial charge in [-0.05, 0) is 103 Å². The molecular formula is C47H27N3. The molecule has 12 rings (SSSR count). The average Bonchev–Trinajstić information content (AvgIpc) is 3.74. The maximum atomic E-state index is 5.16. The first-order chi connectivity index (χ1) is 24.8. The number of fused-ring (bicyclic) bond motifs is 19. The number of aromatic nitrogens is 3. The van der Waals surface area contributed by atoms with Crippen LogP contribution >= 0.6 is 0 Å². The van der Waals surface area contributed by atoms with Gasteiger partial charge in [0.05, 0.1) is 27.6 Å². The number of hydrogen-bond donors (Lipinski definition) is 0. The van der Waals surface area contributed by atoms with Gasteiger partial charge < -0.3 is 4.57 Å². The Balaban J connectivity index is 1.27. The molecular weight excluding hydrogens is 607 g/mol. The Morgan fingerprint density at radius 1 is 0.340 bits per heavy atom. The van der Waals surface area contributed by atoms with Crippen LogP contribution in [0.4, 0.5) is 0 Å². The summed E-state index contributed by atoms with van der Waals surface area (Å²) in [5, 5.41) is 16.4. The van der Waals surface area contributed by atoms with E-state index in [9.17, 15) is 0 Å². The predicted molar refractivity (Wildman–Crippen MR) is 212 cm³/mol. The molecule has 0 unspecified atom stereocenters. The Hall–Kier alpha value is -6.71. The summed E-state index contributed by atoms with van der Waals surface area (Å²) < 4.78 is 4.81. The van der Waals surface area contributed by atoms with Crippen LogP contribution < -0.4 is 0 Å². The quantitative estimate of drug-likeness (QED) is 0.165. The molecule has 0 fully saturated rings. The molecule has 3 nitrogen and oxygen atoms in total. The highest BCUT2D eigenvalue weighted by Crippen LogP contribution is 2.43. The van der Waals surface area contributed by atoms with Gasteiger partial charge in [-0.3, -0.25) is 4.40 Å². The summed E-state index contributed by atoms with van der Waals surface area (Å²) in [4.78, 5) is 5.16. The van der Waals surface area contributed by atoms with Crippen LogP contribution in [0.15, 0.2) is 164 Å². The second kappa shape index (κ2) is 9.46. The van der Waals surface area contributed by atoms with Crippen molar-refractivity contribution in [1.29, 1.82) is 0 Å². The zero-order valence-electron chi connectivity index (χ0n) is 26.9. The largest absolute Gasteiger partial charge is 0.309 e. The molecule has 0 spiro atoms. The molecule has 12 aromatic rings. The van der Waals surface area contributed by atoms with Crippen molar-refractivity contribution in [3.63, 3.8) is 0 Å². The molecule has 0 atom stereocenters. The lowest BCUT2D eigenvalue weighted by Gasteiger charge is -2.14. The standard InChI is InChI=1S/C47H27N3/c1-2-12-30-28(11-1)21-24-44-46(30)40-26-38-33-15-5-3-13-31(33)32-14-4-6-16-34(32)39(38)27-45(40)49(44)29-22-23-36-37(25-29)35-17-7-9-19-42(35)50-43-20-10-8-18-41(43)48-47(36)50/h1-27H. The molecule has 9 aromatic carbocycles. The summed E-state index contributed by atoms with van der Waals surface area (Å²) in [6, 6.07) is 60.1. The second-order valence-electron chi connectivity index (χ2n) is 13.5. The van der Waals surface area contributed by atoms with Crippen LogP contribution in [0.3, 0.4) is 0 Å². The number of nitrogens with zero attached hydrogens (tertiary/aromatic N) is 3. The van der Waals surface area contributed by atoms with E-state index < -0.39 is 0 Å². The number of benzene rings is 9. The lowest BCUT2D eigenvalue weighted by Crippen LogP contribution is -1.96. The highest BCUT2D eigenvalue weighted by molar-refractivity contribution is 6.31. The van der Waals surface area contributed by atoms with Gasteiger partial charge >= 0.3 is 0 Å². The zero-order valence-corrected chi connectivity index (χ0v) is 26.9. The van der Waals surface area contributed by atoms with Crippen molar-refractivity contribution in [3.05, 3.63) is 164 Å². The van der Waals surface area contributed by atoms with E-state index in [0.29, 0.717) is 0 Å². The van der Waals surface area contributed by atoms with E-state index in [1.54, 1.807) is 0 Å². The van der Waals surface area contributed by atoms with E-state index in [4.69, 9.17) is 4.98 Å². The van der Waals surface area contributed by atoms with Gasteiger partial charge in [-0.25, -0.2) is 4.98 Å². The summed E-state index contributed by atoms with van der Waals surface area (Å²) in [6.45, 7) is 0. The van der Waals surface area contributed by atoms with Crippen molar-refractivity contribution >= 4 is 103 Å². The third-order valence-corrected chi connectivity index (χ3v) is 11.0. The summed E-state index contributed by atoms with van der Waals surface area (Å²) in [5.41, 5.74) is 7.85. The summed E-state index contributed by atoms with van der Waals surface area (Å²) in [7, 11) is 0. The zero-order chi connectivity index (χ0) is 32.5. The molecule has 0 aliphatic rings. The van der Waals surface area contributed by atoms with Crippen LogP contribution in [0.5, 0.6) is 0 Å². The Labute approximate surface area is 285 Å². The van der Waals surface area contributed by atoms with E-state index in [1.165, 1.54) is 81.2 Å². The Morgan fingerprint density at radius 3 is 1.72 bits per heavy atom. The third-order valence-electron chi connectivity index (χ3n) is 11.0. The van der Waals surface area contributed by atoms with Crippen molar-refractivity contribution in [2.45, 2.75) is 0 Å². The second-order valence-corrected chi connectivity index (χ2v) is 13.5. The Kier molecular flexibility index (Phi) is 4.97. The highest BCUT2D eigenvalue weighted by atomic mass is 15.0. The first kappa shape index (κ1) is 26.3. The van der Waals surface area contributed by atoms with Gasteiger partial charge in [0.25, 0.3) is 0 Å². The fourth-order valence-electron chi connectivity index (χ4n) is 8.90. The monoisotopic (exact) mass is 633 g/mol. The smallest absolute Gasteiger partial charge is 0.146 e. The van der Waals surface area contributed by atoms with Crippen LogP contribution in [0.25, 0.3) is 109 Å². The molecule has 230 valence electrons. The molecule has 0 aliphatic carbocycles. The fourth-order valence-corrected chi connectivity index (χ4v) is 8.90. The summed E-state index contributed by atoms with van der Waals surface area (Å²) in [5.74, 6) is 0. The van der Waals surface area contributed by atoms with Gasteiger partial charge in [0, 0.05) is 27.2 Å². The van der Waals surface area contributed by atoms with Crippen molar-refractivity contribution < 1.29 is 0 Å². The molecule has 0 amide bonds. The molecule has 0 radical (unpaired) electrons. The van der Waals surface area contributed by atoms with Crippen molar-refractivity contribution in [2.24, 2.45) is 0 Å². The van der Waals surface area contributed by atoms with Crippen molar-refractivity contribution in [3.8, 4) is 5.69 Å². The normalized spacial score (nSPS) is 12.4. The molecule has 3 heterocycles. The number of imidazole rings is 1. The SMILES string of the molecule is c1ccc2c(c1)ccc1c2c2cc3c4ccccc4c4ccccc4c3cc2n1-c1ccc2c(c1)c1ccccc1n1c3ccccc3nc21. The number of rotatable bonds is 1. The maximum Gasteiger partial charge on any atom is 0.146 e. The van der Waals surface area contributed by atoms with Crippen molar-refractivity contribution in [2.75, 3.05) is 0 Å². The topological polar surface area (TPSA) is 22.2 Å². The maximum absolute atomic E-state index is 5.16. The summed E-state index contributed by atoms with van der Waals surface area (Å²) in [6.07, 6.45) is 0. The number of para-hydroxylation sites is 3. The molecule has 3 heteroatoms. The predicted octanol–water partition coefficient (Wildman–Crippen LogP) is 12.5. The Morgan fingerprint density at radius 2 is 0.940 bits per heavy atom. The fraction of sp³-hybridized carbons (Fsp3) is 0. The van der Waals surface area contributed by atoms with Crippen LogP contribution in [0.1, 0.15) is 0 Å². The minimum atomic E-state index is 0.990. The molecule has 0 aliphatic heterocycles. The average molecular weight is 634 g/mol. The van der Waals surface area contributed by atoms with Crippen LogP contribution in [0.2, 0.25) is 0 Å². The highest BCUT2D eigenvalue weighted by Gasteiger charge is 2.20. The first-order valence-corrected chi connectivity index (χ1v) is 17.2. The molecule has 0 saturated carbocycles. The lowest BCUT2D eigenvalue weighted by atomic mass is 9.93.